The van der Waals surface area contributed by atoms with Crippen molar-refractivity contribution in [3.8, 4) is 17.3 Å². The molecule has 1 atom stereocenters. The fourth-order valence-electron chi connectivity index (χ4n) is 3.17. The molecule has 0 spiro atoms. The molecule has 28 heavy (non-hydrogen) atoms. The molecule has 0 radical (unpaired) electrons. The Morgan fingerprint density at radius 2 is 1.96 bits per heavy atom. The molecule has 6 heteroatoms. The van der Waals surface area contributed by atoms with Gasteiger partial charge in [0.15, 0.2) is 0 Å². The summed E-state index contributed by atoms with van der Waals surface area (Å²) in [6.45, 7) is 1.54. The van der Waals surface area contributed by atoms with Gasteiger partial charge in [-0.15, -0.1) is 0 Å². The molecular weight excluding hydrogens is 350 g/mol. The van der Waals surface area contributed by atoms with Gasteiger partial charge < -0.3 is 15.4 Å². The quantitative estimate of drug-likeness (QED) is 0.670. The number of hydrogen-bond donors (Lipinski definition) is 2. The van der Waals surface area contributed by atoms with Gasteiger partial charge in [0.25, 0.3) is 0 Å². The van der Waals surface area contributed by atoms with E-state index >= 15 is 0 Å². The lowest BCUT2D eigenvalue weighted by molar-refractivity contribution is 0.120. The second-order valence-electron chi connectivity index (χ2n) is 6.66. The van der Waals surface area contributed by atoms with E-state index in [1.165, 1.54) is 0 Å². The third-order valence-electron chi connectivity index (χ3n) is 4.58. The van der Waals surface area contributed by atoms with Gasteiger partial charge in [-0.3, -0.25) is 0 Å². The topological polar surface area (TPSA) is 82.9 Å². The summed E-state index contributed by atoms with van der Waals surface area (Å²) in [5, 5.41) is 15.7. The third kappa shape index (κ3) is 4.45. The average Bonchev–Trinajstić information content (AvgIpc) is 3.27. The maximum Gasteiger partial charge on any atom is 0.229 e. The molecule has 1 saturated heterocycles. The maximum absolute atomic E-state index is 9.11. The number of benzene rings is 2. The third-order valence-corrected chi connectivity index (χ3v) is 4.58. The van der Waals surface area contributed by atoms with Crippen molar-refractivity contribution in [3.63, 3.8) is 0 Å². The molecule has 2 N–H and O–H groups in total. The minimum absolute atomic E-state index is 0.221. The van der Waals surface area contributed by atoms with Crippen molar-refractivity contribution in [2.45, 2.75) is 18.9 Å². The first-order valence-electron chi connectivity index (χ1n) is 9.37. The van der Waals surface area contributed by atoms with Crippen molar-refractivity contribution >= 4 is 17.5 Å². The monoisotopic (exact) mass is 371 g/mol. The zero-order valence-corrected chi connectivity index (χ0v) is 15.4. The van der Waals surface area contributed by atoms with Crippen LogP contribution in [0.3, 0.4) is 0 Å². The molecule has 3 aromatic rings. The van der Waals surface area contributed by atoms with Crippen LogP contribution in [0.15, 0.2) is 60.7 Å². The number of nitriles is 1. The zero-order chi connectivity index (χ0) is 19.2. The van der Waals surface area contributed by atoms with Crippen molar-refractivity contribution in [2.24, 2.45) is 0 Å². The second-order valence-corrected chi connectivity index (χ2v) is 6.66. The Labute approximate surface area is 164 Å². The molecule has 4 rings (SSSR count). The highest BCUT2D eigenvalue weighted by molar-refractivity contribution is 5.66. The summed E-state index contributed by atoms with van der Waals surface area (Å²) in [6, 6.07) is 21.3. The molecule has 140 valence electrons. The Balaban J connectivity index is 1.61. The van der Waals surface area contributed by atoms with Crippen molar-refractivity contribution < 1.29 is 4.74 Å². The van der Waals surface area contributed by atoms with Gasteiger partial charge in [-0.25, -0.2) is 4.98 Å². The van der Waals surface area contributed by atoms with Gasteiger partial charge >= 0.3 is 0 Å². The van der Waals surface area contributed by atoms with Gasteiger partial charge in [-0.2, -0.15) is 10.2 Å². The van der Waals surface area contributed by atoms with E-state index in [4.69, 9.17) is 10.00 Å². The van der Waals surface area contributed by atoms with Gasteiger partial charge in [0.1, 0.15) is 5.82 Å². The summed E-state index contributed by atoms with van der Waals surface area (Å²) in [5.41, 5.74) is 3.19. The Hall–Kier alpha value is -3.43. The predicted octanol–water partition coefficient (Wildman–Crippen LogP) is 4.35. The summed E-state index contributed by atoms with van der Waals surface area (Å²) >= 11 is 0. The smallest absolute Gasteiger partial charge is 0.229 e. The fourth-order valence-corrected chi connectivity index (χ4v) is 3.17. The van der Waals surface area contributed by atoms with E-state index in [-0.39, 0.29) is 6.10 Å². The van der Waals surface area contributed by atoms with Crippen LogP contribution < -0.4 is 10.6 Å². The molecule has 1 aliphatic heterocycles. The van der Waals surface area contributed by atoms with Crippen molar-refractivity contribution in [2.75, 3.05) is 23.8 Å². The molecule has 2 heterocycles. The molecule has 2 aromatic carbocycles. The lowest BCUT2D eigenvalue weighted by Gasteiger charge is -2.14. The molecule has 1 fully saturated rings. The first-order chi connectivity index (χ1) is 13.8. The molecule has 6 nitrogen and oxygen atoms in total. The van der Waals surface area contributed by atoms with E-state index in [1.54, 1.807) is 12.1 Å². The van der Waals surface area contributed by atoms with E-state index in [0.717, 1.165) is 42.2 Å². The highest BCUT2D eigenvalue weighted by Gasteiger charge is 2.16. The Morgan fingerprint density at radius 1 is 1.07 bits per heavy atom. The molecule has 0 bridgehead atoms. The lowest BCUT2D eigenvalue weighted by atomic mass is 10.1. The molecular formula is C22H21N5O. The predicted molar refractivity (Wildman–Crippen MR) is 109 cm³/mol. The van der Waals surface area contributed by atoms with Crippen LogP contribution in [0.25, 0.3) is 11.3 Å². The molecule has 0 saturated carbocycles. The van der Waals surface area contributed by atoms with Crippen molar-refractivity contribution in [1.29, 1.82) is 5.26 Å². The summed E-state index contributed by atoms with van der Waals surface area (Å²) < 4.78 is 5.69. The number of hydrogen-bond acceptors (Lipinski definition) is 6. The lowest BCUT2D eigenvalue weighted by Crippen LogP contribution is -2.19. The van der Waals surface area contributed by atoms with Crippen molar-refractivity contribution in [1.82, 2.24) is 9.97 Å². The minimum atomic E-state index is 0.221. The van der Waals surface area contributed by atoms with Crippen molar-refractivity contribution in [3.05, 3.63) is 66.2 Å². The number of aromatic nitrogens is 2. The molecule has 1 aliphatic rings. The summed E-state index contributed by atoms with van der Waals surface area (Å²) in [6.07, 6.45) is 2.39. The van der Waals surface area contributed by atoms with Crippen LogP contribution in [0.5, 0.6) is 0 Å². The van der Waals surface area contributed by atoms with Gasteiger partial charge in [0, 0.05) is 30.5 Å². The number of ether oxygens (including phenoxy) is 1. The van der Waals surface area contributed by atoms with Crippen LogP contribution in [0, 0.1) is 11.3 Å². The number of rotatable bonds is 6. The first-order valence-corrected chi connectivity index (χ1v) is 9.37. The van der Waals surface area contributed by atoms with E-state index < -0.39 is 0 Å². The second kappa shape index (κ2) is 8.51. The van der Waals surface area contributed by atoms with Crippen LogP contribution in [0.4, 0.5) is 17.5 Å². The van der Waals surface area contributed by atoms with E-state index in [9.17, 15) is 0 Å². The van der Waals surface area contributed by atoms with E-state index in [1.807, 2.05) is 48.5 Å². The maximum atomic E-state index is 9.11. The van der Waals surface area contributed by atoms with E-state index in [0.29, 0.717) is 18.1 Å². The van der Waals surface area contributed by atoms with Gasteiger partial charge in [0.2, 0.25) is 5.95 Å². The average molecular weight is 371 g/mol. The minimum Gasteiger partial charge on any atom is -0.376 e. The Kier molecular flexibility index (Phi) is 5.46. The number of anilines is 3. The van der Waals surface area contributed by atoms with Gasteiger partial charge in [-0.1, -0.05) is 36.4 Å². The molecule has 1 aromatic heterocycles. The standard InChI is InChI=1S/C22H21N5O/c23-14-16-6-4-9-18(12-16)25-22-26-20(17-7-2-1-3-8-17)13-21(27-22)24-15-19-10-5-11-28-19/h1-4,6-9,12-13,19H,5,10-11,15H2,(H2,24,25,26,27). The van der Waals surface area contributed by atoms with Gasteiger partial charge in [-0.05, 0) is 31.0 Å². The fraction of sp³-hybridized carbons (Fsp3) is 0.227. The molecule has 0 amide bonds. The van der Waals surface area contributed by atoms with Crippen LogP contribution in [-0.4, -0.2) is 29.2 Å². The Bertz CT molecular complexity index is 978. The highest BCUT2D eigenvalue weighted by Crippen LogP contribution is 2.24. The van der Waals surface area contributed by atoms with Crippen LogP contribution in [0.2, 0.25) is 0 Å². The first kappa shape index (κ1) is 18.0. The summed E-state index contributed by atoms with van der Waals surface area (Å²) in [4.78, 5) is 9.26. The number of nitrogens with zero attached hydrogens (tertiary/aromatic N) is 3. The highest BCUT2D eigenvalue weighted by atomic mass is 16.5. The number of nitrogens with one attached hydrogen (secondary N) is 2. The largest absolute Gasteiger partial charge is 0.376 e. The van der Waals surface area contributed by atoms with Crippen LogP contribution >= 0.6 is 0 Å². The molecule has 0 aliphatic carbocycles. The van der Waals surface area contributed by atoms with E-state index in [2.05, 4.69) is 26.7 Å². The van der Waals surface area contributed by atoms with Gasteiger partial charge in [0.05, 0.1) is 23.4 Å². The normalized spacial score (nSPS) is 15.8. The summed E-state index contributed by atoms with van der Waals surface area (Å²) in [7, 11) is 0. The van der Waals surface area contributed by atoms with Crippen LogP contribution in [0.1, 0.15) is 18.4 Å². The van der Waals surface area contributed by atoms with Crippen LogP contribution in [-0.2, 0) is 4.74 Å². The zero-order valence-electron chi connectivity index (χ0n) is 15.4. The molecule has 1 unspecified atom stereocenters. The SMILES string of the molecule is N#Cc1cccc(Nc2nc(NCC3CCCO3)cc(-c3ccccc3)n2)c1. The summed E-state index contributed by atoms with van der Waals surface area (Å²) in [5.74, 6) is 1.22. The Morgan fingerprint density at radius 3 is 2.75 bits per heavy atom.